The lowest BCUT2D eigenvalue weighted by Gasteiger charge is -2.34. The van der Waals surface area contributed by atoms with Crippen LogP contribution in [0.3, 0.4) is 0 Å². The molecule has 1 saturated carbocycles. The van der Waals surface area contributed by atoms with E-state index in [1.165, 1.54) is 0 Å². The topological polar surface area (TPSA) is 49.5 Å². The van der Waals surface area contributed by atoms with Crippen molar-refractivity contribution in [3.63, 3.8) is 0 Å². The molecule has 2 aliphatic rings. The van der Waals surface area contributed by atoms with Gasteiger partial charge in [0.05, 0.1) is 6.61 Å². The summed E-state index contributed by atoms with van der Waals surface area (Å²) >= 11 is 0. The van der Waals surface area contributed by atoms with Gasteiger partial charge in [0.2, 0.25) is 0 Å². The number of piperidine rings is 1. The fourth-order valence-electron chi connectivity index (χ4n) is 2.56. The molecule has 1 aliphatic carbocycles. The van der Waals surface area contributed by atoms with Crippen LogP contribution < -0.4 is 5.73 Å². The van der Waals surface area contributed by atoms with E-state index in [1.54, 1.807) is 0 Å². The first-order valence-corrected chi connectivity index (χ1v) is 5.04. The first-order valence-electron chi connectivity index (χ1n) is 5.04. The average Bonchev–Trinajstić information content (AvgIpc) is 2.50. The van der Waals surface area contributed by atoms with Crippen LogP contribution in [0.15, 0.2) is 0 Å². The minimum atomic E-state index is -0.234. The molecule has 0 aromatic carbocycles. The Morgan fingerprint density at radius 1 is 1.38 bits per heavy atom. The summed E-state index contributed by atoms with van der Waals surface area (Å²) in [4.78, 5) is 2.46. The highest BCUT2D eigenvalue weighted by Gasteiger charge is 2.66. The molecule has 1 saturated heterocycles. The lowest BCUT2D eigenvalue weighted by atomic mass is 10.0. The Balaban J connectivity index is 1.97. The number of likely N-dealkylation sites (tertiary alicyclic amines) is 1. The molecule has 3 N–H and O–H groups in total. The van der Waals surface area contributed by atoms with Crippen molar-refractivity contribution in [2.45, 2.75) is 31.8 Å². The third kappa shape index (κ3) is 1.22. The molecule has 0 aromatic rings. The highest BCUT2D eigenvalue weighted by Crippen LogP contribution is 2.54. The monoisotopic (exact) mass is 184 g/mol. The molecule has 0 radical (unpaired) electrons. The van der Waals surface area contributed by atoms with Crippen LogP contribution in [0.2, 0.25) is 0 Å². The van der Waals surface area contributed by atoms with Crippen LogP contribution in [-0.2, 0) is 0 Å². The van der Waals surface area contributed by atoms with Crippen LogP contribution in [0.1, 0.15) is 20.8 Å². The predicted molar refractivity (Wildman–Crippen MR) is 52.3 cm³/mol. The third-order valence-corrected chi connectivity index (χ3v) is 3.81. The van der Waals surface area contributed by atoms with E-state index >= 15 is 0 Å². The first kappa shape index (κ1) is 9.44. The predicted octanol–water partition coefficient (Wildman–Crippen LogP) is 0.0363. The second-order valence-corrected chi connectivity index (χ2v) is 5.56. The quantitative estimate of drug-likeness (QED) is 0.605. The van der Waals surface area contributed by atoms with Gasteiger partial charge in [0.15, 0.2) is 0 Å². The summed E-state index contributed by atoms with van der Waals surface area (Å²) in [7, 11) is 0. The van der Waals surface area contributed by atoms with Gasteiger partial charge in [-0.1, -0.05) is 0 Å². The van der Waals surface area contributed by atoms with Gasteiger partial charge in [-0.2, -0.15) is 0 Å². The number of nitrogens with two attached hydrogens (primary N) is 1. The van der Waals surface area contributed by atoms with Crippen molar-refractivity contribution >= 4 is 0 Å². The highest BCUT2D eigenvalue weighted by molar-refractivity contribution is 5.21. The zero-order valence-electron chi connectivity index (χ0n) is 8.75. The minimum Gasteiger partial charge on any atom is -0.394 e. The first-order chi connectivity index (χ1) is 5.89. The van der Waals surface area contributed by atoms with E-state index in [-0.39, 0.29) is 17.7 Å². The van der Waals surface area contributed by atoms with E-state index in [4.69, 9.17) is 10.8 Å². The Bertz CT molecular complexity index is 209. The molecule has 0 bridgehead atoms. The van der Waals surface area contributed by atoms with Crippen molar-refractivity contribution in [2.75, 3.05) is 19.7 Å². The molecule has 0 aromatic heterocycles. The van der Waals surface area contributed by atoms with Crippen LogP contribution in [0.4, 0.5) is 0 Å². The van der Waals surface area contributed by atoms with Crippen LogP contribution in [0.5, 0.6) is 0 Å². The summed E-state index contributed by atoms with van der Waals surface area (Å²) < 4.78 is 0. The maximum atomic E-state index is 9.12. The van der Waals surface area contributed by atoms with Gasteiger partial charge in [-0.15, -0.1) is 0 Å². The molecule has 3 nitrogen and oxygen atoms in total. The van der Waals surface area contributed by atoms with Crippen LogP contribution in [0, 0.1) is 11.8 Å². The number of nitrogens with zero attached hydrogens (tertiary/aromatic N) is 1. The summed E-state index contributed by atoms with van der Waals surface area (Å²) in [6.07, 6.45) is 0. The molecule has 1 heterocycles. The van der Waals surface area contributed by atoms with Gasteiger partial charge in [-0.3, -0.25) is 4.90 Å². The number of hydrogen-bond donors (Lipinski definition) is 2. The summed E-state index contributed by atoms with van der Waals surface area (Å²) in [6, 6.07) is 0. The summed E-state index contributed by atoms with van der Waals surface area (Å²) in [6.45, 7) is 8.97. The summed E-state index contributed by atoms with van der Waals surface area (Å²) in [5, 5.41) is 9.12. The SMILES string of the molecule is CC(C)(C)N1CC2C(C1)C2(N)CO. The molecular formula is C10H20N2O. The molecule has 2 rings (SSSR count). The Hall–Kier alpha value is -0.120. The number of aliphatic hydroxyl groups excluding tert-OH is 1. The van der Waals surface area contributed by atoms with Crippen molar-refractivity contribution in [1.82, 2.24) is 4.90 Å². The normalized spacial score (nSPS) is 45.0. The molecule has 0 amide bonds. The van der Waals surface area contributed by atoms with Gasteiger partial charge in [-0.05, 0) is 32.6 Å². The standard InChI is InChI=1S/C10H20N2O/c1-9(2,3)12-4-7-8(5-12)10(7,11)6-13/h7-8,13H,4-6,11H2,1-3H3. The zero-order chi connectivity index (χ0) is 9.85. The number of fused-ring (bicyclic) bond motifs is 1. The molecule has 2 fully saturated rings. The minimum absolute atomic E-state index is 0.153. The van der Waals surface area contributed by atoms with Gasteiger partial charge in [0.25, 0.3) is 0 Å². The van der Waals surface area contributed by atoms with Gasteiger partial charge in [0.1, 0.15) is 0 Å². The molecular weight excluding hydrogens is 164 g/mol. The number of aliphatic hydroxyl groups is 1. The smallest absolute Gasteiger partial charge is 0.0617 e. The average molecular weight is 184 g/mol. The molecule has 76 valence electrons. The van der Waals surface area contributed by atoms with E-state index in [2.05, 4.69) is 25.7 Å². The van der Waals surface area contributed by atoms with Crippen molar-refractivity contribution < 1.29 is 5.11 Å². The fraction of sp³-hybridized carbons (Fsp3) is 1.00. The summed E-state index contributed by atoms with van der Waals surface area (Å²) in [5.41, 5.74) is 6.04. The molecule has 1 aliphatic heterocycles. The number of rotatable bonds is 1. The van der Waals surface area contributed by atoms with E-state index in [0.29, 0.717) is 11.8 Å². The molecule has 13 heavy (non-hydrogen) atoms. The molecule has 2 unspecified atom stereocenters. The second-order valence-electron chi connectivity index (χ2n) is 5.56. The maximum Gasteiger partial charge on any atom is 0.0617 e. The molecule has 0 spiro atoms. The highest BCUT2D eigenvalue weighted by atomic mass is 16.3. The Morgan fingerprint density at radius 3 is 2.15 bits per heavy atom. The zero-order valence-corrected chi connectivity index (χ0v) is 8.75. The van der Waals surface area contributed by atoms with Crippen molar-refractivity contribution in [3.05, 3.63) is 0 Å². The summed E-state index contributed by atoms with van der Waals surface area (Å²) in [5.74, 6) is 1.08. The van der Waals surface area contributed by atoms with E-state index in [9.17, 15) is 0 Å². The van der Waals surface area contributed by atoms with E-state index in [0.717, 1.165) is 13.1 Å². The second kappa shape index (κ2) is 2.47. The largest absolute Gasteiger partial charge is 0.394 e. The van der Waals surface area contributed by atoms with Crippen molar-refractivity contribution in [1.29, 1.82) is 0 Å². The van der Waals surface area contributed by atoms with E-state index < -0.39 is 0 Å². The van der Waals surface area contributed by atoms with Gasteiger partial charge in [-0.25, -0.2) is 0 Å². The fourth-order valence-corrected chi connectivity index (χ4v) is 2.56. The van der Waals surface area contributed by atoms with E-state index in [1.807, 2.05) is 0 Å². The van der Waals surface area contributed by atoms with Crippen molar-refractivity contribution in [2.24, 2.45) is 17.6 Å². The van der Waals surface area contributed by atoms with Gasteiger partial charge in [0, 0.05) is 24.2 Å². The Kier molecular flexibility index (Phi) is 1.79. The van der Waals surface area contributed by atoms with Gasteiger partial charge >= 0.3 is 0 Å². The number of hydrogen-bond acceptors (Lipinski definition) is 3. The van der Waals surface area contributed by atoms with Gasteiger partial charge < -0.3 is 10.8 Å². The van der Waals surface area contributed by atoms with Crippen LogP contribution >= 0.6 is 0 Å². The van der Waals surface area contributed by atoms with Crippen molar-refractivity contribution in [3.8, 4) is 0 Å². The Morgan fingerprint density at radius 2 is 1.85 bits per heavy atom. The third-order valence-electron chi connectivity index (χ3n) is 3.81. The van der Waals surface area contributed by atoms with Crippen LogP contribution in [0.25, 0.3) is 0 Å². The lowest BCUT2D eigenvalue weighted by Crippen LogP contribution is -2.47. The maximum absolute atomic E-state index is 9.12. The lowest BCUT2D eigenvalue weighted by molar-refractivity contribution is 0.127. The van der Waals surface area contributed by atoms with Crippen LogP contribution in [-0.4, -0.2) is 40.8 Å². The Labute approximate surface area is 79.9 Å². The molecule has 3 heteroatoms. The molecule has 2 atom stereocenters.